The molecule has 0 bridgehead atoms. The van der Waals surface area contributed by atoms with Gasteiger partial charge in [0.15, 0.2) is 0 Å². The van der Waals surface area contributed by atoms with Crippen molar-refractivity contribution in [2.24, 2.45) is 0 Å². The fourth-order valence-corrected chi connectivity index (χ4v) is 1.86. The Labute approximate surface area is 121 Å². The third kappa shape index (κ3) is 6.06. The number of amides is 1. The average Bonchev–Trinajstić information content (AvgIpc) is 2.43. The minimum Gasteiger partial charge on any atom is -0.493 e. The van der Waals surface area contributed by atoms with Gasteiger partial charge in [-0.3, -0.25) is 4.79 Å². The lowest BCUT2D eigenvalue weighted by Crippen LogP contribution is -2.26. The summed E-state index contributed by atoms with van der Waals surface area (Å²) in [6, 6.07) is 5.93. The maximum Gasteiger partial charge on any atom is 0.223 e. The molecule has 0 atom stereocenters. The normalized spacial score (nSPS) is 10.3. The number of rotatable bonds is 9. The van der Waals surface area contributed by atoms with Crippen LogP contribution in [0.4, 0.5) is 0 Å². The first-order chi connectivity index (χ1) is 9.65. The van der Waals surface area contributed by atoms with E-state index in [4.69, 9.17) is 9.84 Å². The van der Waals surface area contributed by atoms with E-state index in [1.54, 1.807) is 0 Å². The molecule has 0 aliphatic rings. The molecular weight excluding hydrogens is 254 g/mol. The predicted octanol–water partition coefficient (Wildman–Crippen LogP) is 2.35. The second kappa shape index (κ2) is 9.37. The third-order valence-corrected chi connectivity index (χ3v) is 3.30. The number of hydrogen-bond acceptors (Lipinski definition) is 3. The zero-order valence-corrected chi connectivity index (χ0v) is 12.4. The van der Waals surface area contributed by atoms with Crippen LogP contribution in [-0.2, 0) is 4.79 Å². The van der Waals surface area contributed by atoms with Gasteiger partial charge in [0.05, 0.1) is 13.0 Å². The molecule has 0 unspecified atom stereocenters. The molecule has 0 saturated heterocycles. The zero-order valence-electron chi connectivity index (χ0n) is 12.4. The highest BCUT2D eigenvalue weighted by molar-refractivity contribution is 5.75. The number of nitrogens with one attached hydrogen (secondary N) is 1. The van der Waals surface area contributed by atoms with E-state index in [1.165, 1.54) is 5.56 Å². The van der Waals surface area contributed by atoms with Gasteiger partial charge in [-0.15, -0.1) is 0 Å². The molecule has 4 heteroatoms. The molecule has 0 spiro atoms. The lowest BCUT2D eigenvalue weighted by Gasteiger charge is -2.11. The monoisotopic (exact) mass is 279 g/mol. The molecule has 0 fully saturated rings. The Morgan fingerprint density at radius 3 is 2.80 bits per heavy atom. The van der Waals surface area contributed by atoms with Crippen molar-refractivity contribution in [1.82, 2.24) is 5.32 Å². The van der Waals surface area contributed by atoms with Crippen molar-refractivity contribution >= 4 is 5.91 Å². The number of hydrogen-bond donors (Lipinski definition) is 2. The summed E-state index contributed by atoms with van der Waals surface area (Å²) in [6.07, 6.45) is 3.01. The summed E-state index contributed by atoms with van der Waals surface area (Å²) in [6.45, 7) is 5.35. The molecule has 4 nitrogen and oxygen atoms in total. The summed E-state index contributed by atoms with van der Waals surface area (Å²) in [5.41, 5.74) is 2.31. The second-order valence-electron chi connectivity index (χ2n) is 4.93. The molecule has 1 aromatic rings. The van der Waals surface area contributed by atoms with Crippen LogP contribution >= 0.6 is 0 Å². The largest absolute Gasteiger partial charge is 0.493 e. The summed E-state index contributed by atoms with van der Waals surface area (Å²) < 4.78 is 5.64. The van der Waals surface area contributed by atoms with Gasteiger partial charge in [0.25, 0.3) is 0 Å². The average molecular weight is 279 g/mol. The number of benzene rings is 1. The minimum absolute atomic E-state index is 0.0132. The molecule has 1 aromatic carbocycles. The van der Waals surface area contributed by atoms with E-state index >= 15 is 0 Å². The molecule has 2 N–H and O–H groups in total. The molecule has 0 aromatic heterocycles. The molecule has 1 rings (SSSR count). The van der Waals surface area contributed by atoms with Gasteiger partial charge in [-0.25, -0.2) is 0 Å². The van der Waals surface area contributed by atoms with Crippen molar-refractivity contribution in [2.45, 2.75) is 39.5 Å². The highest BCUT2D eigenvalue weighted by Gasteiger charge is 2.04. The second-order valence-corrected chi connectivity index (χ2v) is 4.93. The van der Waals surface area contributed by atoms with Crippen LogP contribution in [0.25, 0.3) is 0 Å². The highest BCUT2D eigenvalue weighted by Crippen LogP contribution is 2.20. The number of unbranched alkanes of at least 4 members (excludes halogenated alkanes) is 2. The summed E-state index contributed by atoms with van der Waals surface area (Å²) >= 11 is 0. The van der Waals surface area contributed by atoms with Crippen LogP contribution in [0.1, 0.15) is 36.8 Å². The SMILES string of the molecule is Cc1cccc(OCCC(=O)NCCCCCO)c1C. The summed E-state index contributed by atoms with van der Waals surface area (Å²) in [5.74, 6) is 0.861. The van der Waals surface area contributed by atoms with Crippen molar-refractivity contribution in [2.75, 3.05) is 19.8 Å². The van der Waals surface area contributed by atoms with Gasteiger partial charge in [-0.05, 0) is 50.3 Å². The molecule has 0 radical (unpaired) electrons. The van der Waals surface area contributed by atoms with E-state index in [1.807, 2.05) is 32.0 Å². The van der Waals surface area contributed by atoms with E-state index in [9.17, 15) is 4.79 Å². The quantitative estimate of drug-likeness (QED) is 0.682. The van der Waals surface area contributed by atoms with Gasteiger partial charge in [-0.1, -0.05) is 12.1 Å². The van der Waals surface area contributed by atoms with E-state index in [2.05, 4.69) is 5.32 Å². The van der Waals surface area contributed by atoms with E-state index in [-0.39, 0.29) is 12.5 Å². The van der Waals surface area contributed by atoms with E-state index in [0.717, 1.165) is 30.6 Å². The third-order valence-electron chi connectivity index (χ3n) is 3.30. The van der Waals surface area contributed by atoms with Crippen LogP contribution in [0.5, 0.6) is 5.75 Å². The Balaban J connectivity index is 2.17. The lowest BCUT2D eigenvalue weighted by atomic mass is 10.1. The molecule has 1 amide bonds. The van der Waals surface area contributed by atoms with Crippen molar-refractivity contribution in [3.8, 4) is 5.75 Å². The van der Waals surface area contributed by atoms with Crippen LogP contribution in [0.2, 0.25) is 0 Å². The predicted molar refractivity (Wildman–Crippen MR) is 80.0 cm³/mol. The molecular formula is C16H25NO3. The van der Waals surface area contributed by atoms with Crippen molar-refractivity contribution in [1.29, 1.82) is 0 Å². The number of carbonyl (C=O) groups excluding carboxylic acids is 1. The Morgan fingerprint density at radius 1 is 1.25 bits per heavy atom. The van der Waals surface area contributed by atoms with Gasteiger partial charge < -0.3 is 15.2 Å². The standard InChI is InChI=1S/C16H25NO3/c1-13-7-6-8-15(14(13)2)20-12-9-16(19)17-10-4-3-5-11-18/h6-8,18H,3-5,9-12H2,1-2H3,(H,17,19). The molecule has 0 aliphatic carbocycles. The van der Waals surface area contributed by atoms with Crippen LogP contribution in [0, 0.1) is 13.8 Å². The maximum absolute atomic E-state index is 11.6. The molecule has 112 valence electrons. The summed E-state index contributed by atoms with van der Waals surface area (Å²) in [4.78, 5) is 11.6. The number of ether oxygens (including phenoxy) is 1. The molecule has 20 heavy (non-hydrogen) atoms. The Morgan fingerprint density at radius 2 is 2.05 bits per heavy atom. The van der Waals surface area contributed by atoms with E-state index < -0.39 is 0 Å². The smallest absolute Gasteiger partial charge is 0.223 e. The molecule has 0 saturated carbocycles. The minimum atomic E-state index is 0.0132. The number of aryl methyl sites for hydroxylation is 1. The van der Waals surface area contributed by atoms with E-state index in [0.29, 0.717) is 19.6 Å². The summed E-state index contributed by atoms with van der Waals surface area (Å²) in [7, 11) is 0. The van der Waals surface area contributed by atoms with Crippen molar-refractivity contribution < 1.29 is 14.6 Å². The Hall–Kier alpha value is -1.55. The van der Waals surface area contributed by atoms with Crippen LogP contribution in [0.15, 0.2) is 18.2 Å². The van der Waals surface area contributed by atoms with Gasteiger partial charge >= 0.3 is 0 Å². The first-order valence-corrected chi connectivity index (χ1v) is 7.21. The fourth-order valence-electron chi connectivity index (χ4n) is 1.86. The molecule has 0 aliphatic heterocycles. The molecule has 0 heterocycles. The lowest BCUT2D eigenvalue weighted by molar-refractivity contribution is -0.121. The zero-order chi connectivity index (χ0) is 14.8. The first kappa shape index (κ1) is 16.5. The van der Waals surface area contributed by atoms with Crippen molar-refractivity contribution in [3.63, 3.8) is 0 Å². The topological polar surface area (TPSA) is 58.6 Å². The number of aliphatic hydroxyl groups excluding tert-OH is 1. The number of aliphatic hydroxyl groups is 1. The van der Waals surface area contributed by atoms with Crippen LogP contribution in [-0.4, -0.2) is 30.8 Å². The van der Waals surface area contributed by atoms with Gasteiger partial charge in [-0.2, -0.15) is 0 Å². The van der Waals surface area contributed by atoms with Gasteiger partial charge in [0.1, 0.15) is 5.75 Å². The maximum atomic E-state index is 11.6. The van der Waals surface area contributed by atoms with Gasteiger partial charge in [0, 0.05) is 13.2 Å². The van der Waals surface area contributed by atoms with Gasteiger partial charge in [0.2, 0.25) is 5.91 Å². The first-order valence-electron chi connectivity index (χ1n) is 7.21. The Kier molecular flexibility index (Phi) is 7.73. The fraction of sp³-hybridized carbons (Fsp3) is 0.562. The van der Waals surface area contributed by atoms with Crippen LogP contribution in [0.3, 0.4) is 0 Å². The van der Waals surface area contributed by atoms with Crippen molar-refractivity contribution in [3.05, 3.63) is 29.3 Å². The Bertz CT molecular complexity index is 418. The highest BCUT2D eigenvalue weighted by atomic mass is 16.5. The number of carbonyl (C=O) groups is 1. The van der Waals surface area contributed by atoms with Crippen LogP contribution < -0.4 is 10.1 Å². The summed E-state index contributed by atoms with van der Waals surface area (Å²) in [5, 5.41) is 11.5.